The predicted molar refractivity (Wildman–Crippen MR) is 126 cm³/mol. The summed E-state index contributed by atoms with van der Waals surface area (Å²) in [7, 11) is 1.50. The maximum absolute atomic E-state index is 14.6. The van der Waals surface area contributed by atoms with Crippen LogP contribution in [0, 0.1) is 5.82 Å². The number of piperidine rings is 1. The second-order valence-electron chi connectivity index (χ2n) is 8.67. The highest BCUT2D eigenvalue weighted by Crippen LogP contribution is 2.26. The Bertz CT molecular complexity index is 1320. The Balaban J connectivity index is 1.19. The van der Waals surface area contributed by atoms with E-state index in [0.717, 1.165) is 0 Å². The van der Waals surface area contributed by atoms with E-state index in [4.69, 9.17) is 9.47 Å². The number of nitrogens with one attached hydrogen (secondary N) is 2. The Morgan fingerprint density at radius 2 is 2.19 bits per heavy atom. The van der Waals surface area contributed by atoms with E-state index >= 15 is 0 Å². The summed E-state index contributed by atoms with van der Waals surface area (Å²) in [5.74, 6) is -0.272. The van der Waals surface area contributed by atoms with Gasteiger partial charge in [0.25, 0.3) is 11.8 Å². The van der Waals surface area contributed by atoms with Crippen molar-refractivity contribution in [2.45, 2.75) is 25.0 Å². The van der Waals surface area contributed by atoms with Crippen LogP contribution in [0.2, 0.25) is 0 Å². The van der Waals surface area contributed by atoms with Crippen LogP contribution in [-0.4, -0.2) is 82.3 Å². The molecule has 0 radical (unpaired) electrons. The number of anilines is 1. The summed E-state index contributed by atoms with van der Waals surface area (Å²) in [4.78, 5) is 38.9. The first-order valence-corrected chi connectivity index (χ1v) is 11.5. The molecule has 2 amide bonds. The first-order valence-electron chi connectivity index (χ1n) is 11.5. The van der Waals surface area contributed by atoms with Crippen LogP contribution < -0.4 is 20.1 Å². The molecular weight excluding hydrogens is 471 g/mol. The summed E-state index contributed by atoms with van der Waals surface area (Å²) in [6, 6.07) is 6.02. The average molecular weight is 496 g/mol. The predicted octanol–water partition coefficient (Wildman–Crippen LogP) is 0.911. The third-order valence-corrected chi connectivity index (χ3v) is 6.32. The molecule has 0 saturated carbocycles. The molecule has 5 rings (SSSR count). The van der Waals surface area contributed by atoms with Crippen molar-refractivity contribution >= 4 is 28.7 Å². The third kappa shape index (κ3) is 4.90. The zero-order valence-corrected chi connectivity index (χ0v) is 19.5. The number of aliphatic hydroxyl groups is 1. The molecule has 0 unspecified atom stereocenters. The number of rotatable bonds is 6. The van der Waals surface area contributed by atoms with E-state index in [0.29, 0.717) is 60.7 Å². The number of fused-ring (bicyclic) bond motifs is 2. The second kappa shape index (κ2) is 9.99. The lowest BCUT2D eigenvalue weighted by Gasteiger charge is -2.36. The number of carbonyl (C=O) groups excluding carboxylic acids is 2. The maximum atomic E-state index is 14.6. The van der Waals surface area contributed by atoms with Crippen molar-refractivity contribution < 1.29 is 28.6 Å². The number of methoxy groups -OCH3 is 1. The zero-order valence-electron chi connectivity index (χ0n) is 19.5. The van der Waals surface area contributed by atoms with Gasteiger partial charge in [-0.15, -0.1) is 0 Å². The van der Waals surface area contributed by atoms with Gasteiger partial charge in [0.15, 0.2) is 18.2 Å². The van der Waals surface area contributed by atoms with Crippen molar-refractivity contribution in [3.63, 3.8) is 0 Å². The van der Waals surface area contributed by atoms with Gasteiger partial charge >= 0.3 is 0 Å². The van der Waals surface area contributed by atoms with Gasteiger partial charge in [-0.05, 0) is 31.0 Å². The number of β-amino-alcohol motifs (C(OH)–C–C–N with tert-alkyl or cyclic N) is 1. The van der Waals surface area contributed by atoms with Gasteiger partial charge in [0, 0.05) is 31.3 Å². The van der Waals surface area contributed by atoms with Gasteiger partial charge in [-0.3, -0.25) is 14.6 Å². The lowest BCUT2D eigenvalue weighted by Crippen LogP contribution is -2.54. The fourth-order valence-corrected chi connectivity index (χ4v) is 4.40. The molecule has 3 aromatic rings. The van der Waals surface area contributed by atoms with E-state index in [-0.39, 0.29) is 24.0 Å². The number of carbonyl (C=O) groups is 2. The Morgan fingerprint density at radius 3 is 3.00 bits per heavy atom. The van der Waals surface area contributed by atoms with Crippen LogP contribution in [0.15, 0.2) is 30.5 Å². The molecule has 3 aromatic heterocycles. The molecule has 12 heteroatoms. The molecule has 2 aliphatic rings. The van der Waals surface area contributed by atoms with Gasteiger partial charge < -0.3 is 30.1 Å². The van der Waals surface area contributed by atoms with Gasteiger partial charge in [0.2, 0.25) is 5.88 Å². The smallest absolute Gasteiger partial charge is 0.270 e. The summed E-state index contributed by atoms with van der Waals surface area (Å²) in [5, 5.41) is 16.1. The van der Waals surface area contributed by atoms with Crippen LogP contribution in [0.1, 0.15) is 22.5 Å². The van der Waals surface area contributed by atoms with Crippen molar-refractivity contribution in [1.29, 1.82) is 0 Å². The van der Waals surface area contributed by atoms with Crippen LogP contribution in [0.4, 0.5) is 10.2 Å². The zero-order chi connectivity index (χ0) is 25.2. The summed E-state index contributed by atoms with van der Waals surface area (Å²) < 4.78 is 25.0. The van der Waals surface area contributed by atoms with Crippen molar-refractivity contribution in [3.05, 3.63) is 47.5 Å². The largest absolute Gasteiger partial charge is 0.481 e. The Labute approximate surface area is 205 Å². The molecule has 2 atom stereocenters. The molecule has 188 valence electrons. The lowest BCUT2D eigenvalue weighted by atomic mass is 10.0. The molecule has 11 nitrogen and oxygen atoms in total. The molecule has 5 heterocycles. The van der Waals surface area contributed by atoms with E-state index in [1.54, 1.807) is 18.2 Å². The normalized spacial score (nSPS) is 19.8. The average Bonchev–Trinajstić information content (AvgIpc) is 2.88. The molecule has 0 bridgehead atoms. The van der Waals surface area contributed by atoms with Gasteiger partial charge in [-0.25, -0.2) is 14.4 Å². The maximum Gasteiger partial charge on any atom is 0.270 e. The van der Waals surface area contributed by atoms with Crippen LogP contribution in [0.25, 0.3) is 11.0 Å². The van der Waals surface area contributed by atoms with Crippen LogP contribution >= 0.6 is 0 Å². The van der Waals surface area contributed by atoms with E-state index in [2.05, 4.69) is 25.6 Å². The number of halogens is 1. The number of aliphatic hydroxyl groups excluding tert-OH is 1. The first kappa shape index (κ1) is 23.8. The summed E-state index contributed by atoms with van der Waals surface area (Å²) in [5.41, 5.74) is 1.59. The van der Waals surface area contributed by atoms with Gasteiger partial charge in [0.1, 0.15) is 11.5 Å². The van der Waals surface area contributed by atoms with Gasteiger partial charge in [0.05, 0.1) is 36.5 Å². The summed E-state index contributed by atoms with van der Waals surface area (Å²) in [6.45, 7) is 1.32. The highest BCUT2D eigenvalue weighted by atomic mass is 19.1. The topological polar surface area (TPSA) is 139 Å². The number of hydrogen-bond acceptors (Lipinski definition) is 9. The number of likely N-dealkylation sites (tertiary alicyclic amines) is 1. The van der Waals surface area contributed by atoms with Crippen LogP contribution in [0.3, 0.4) is 0 Å². The second-order valence-corrected chi connectivity index (χ2v) is 8.67. The van der Waals surface area contributed by atoms with E-state index in [1.165, 1.54) is 19.4 Å². The summed E-state index contributed by atoms with van der Waals surface area (Å²) in [6.07, 6.45) is 1.25. The van der Waals surface area contributed by atoms with Gasteiger partial charge in [-0.2, -0.15) is 0 Å². The molecule has 1 fully saturated rings. The number of aromatic nitrogens is 3. The minimum absolute atomic E-state index is 0.0975. The Hall–Kier alpha value is -3.90. The fourth-order valence-electron chi connectivity index (χ4n) is 4.40. The molecule has 2 aliphatic heterocycles. The van der Waals surface area contributed by atoms with E-state index in [1.807, 2.05) is 4.90 Å². The number of pyridine rings is 3. The monoisotopic (exact) mass is 496 g/mol. The highest BCUT2D eigenvalue weighted by Gasteiger charge is 2.30. The van der Waals surface area contributed by atoms with Crippen molar-refractivity contribution in [3.8, 4) is 11.6 Å². The number of ether oxygens (including phenoxy) is 2. The molecule has 1 saturated heterocycles. The standard InChI is InChI=1S/C24H25FN6O5/c1-35-21-5-3-16-22(30-21)13(14(25)10-26-16)6-8-31-9-7-15(18(32)11-31)28-24(34)17-2-4-19-23(27-17)29-20(33)12-36-19/h2-5,10,15,18,32H,6-9,11-12H2,1H3,(H,28,34)(H,27,29,33)/t15-,18-/m1/s1. The Morgan fingerprint density at radius 1 is 1.33 bits per heavy atom. The molecule has 0 aliphatic carbocycles. The SMILES string of the molecule is COc1ccc2ncc(F)c(CCN3CC[C@@H](NC(=O)c4ccc5c(n4)NC(=O)CO5)[C@H](O)C3)c2n1. The first-order chi connectivity index (χ1) is 17.4. The highest BCUT2D eigenvalue weighted by molar-refractivity contribution is 5.97. The third-order valence-electron chi connectivity index (χ3n) is 6.32. The Kier molecular flexibility index (Phi) is 6.61. The van der Waals surface area contributed by atoms with Gasteiger partial charge in [-0.1, -0.05) is 0 Å². The molecular formula is C24H25FN6O5. The minimum atomic E-state index is -0.819. The molecule has 0 aromatic carbocycles. The van der Waals surface area contributed by atoms with Crippen molar-refractivity contribution in [1.82, 2.24) is 25.2 Å². The lowest BCUT2D eigenvalue weighted by molar-refractivity contribution is -0.118. The van der Waals surface area contributed by atoms with Crippen LogP contribution in [0.5, 0.6) is 11.6 Å². The number of hydrogen-bond donors (Lipinski definition) is 3. The van der Waals surface area contributed by atoms with Crippen molar-refractivity contribution in [2.24, 2.45) is 0 Å². The fraction of sp³-hybridized carbons (Fsp3) is 0.375. The number of amides is 2. The van der Waals surface area contributed by atoms with Crippen LogP contribution in [-0.2, 0) is 11.2 Å². The number of nitrogens with zero attached hydrogens (tertiary/aromatic N) is 4. The molecule has 36 heavy (non-hydrogen) atoms. The molecule has 0 spiro atoms. The minimum Gasteiger partial charge on any atom is -0.481 e. The summed E-state index contributed by atoms with van der Waals surface area (Å²) >= 11 is 0. The van der Waals surface area contributed by atoms with E-state index in [9.17, 15) is 19.1 Å². The van der Waals surface area contributed by atoms with E-state index < -0.39 is 23.9 Å². The molecule has 3 N–H and O–H groups in total. The van der Waals surface area contributed by atoms with Crippen molar-refractivity contribution in [2.75, 3.05) is 38.7 Å². The quantitative estimate of drug-likeness (QED) is 0.454.